The van der Waals surface area contributed by atoms with Crippen molar-refractivity contribution in [1.29, 1.82) is 0 Å². The van der Waals surface area contributed by atoms with Gasteiger partial charge in [0.05, 0.1) is 0 Å². The highest BCUT2D eigenvalue weighted by Crippen LogP contribution is 2.17. The van der Waals surface area contributed by atoms with E-state index >= 15 is 0 Å². The second-order valence-corrected chi connectivity index (χ2v) is 6.22. The summed E-state index contributed by atoms with van der Waals surface area (Å²) in [6.07, 6.45) is 4.65. The van der Waals surface area contributed by atoms with Crippen LogP contribution >= 0.6 is 0 Å². The fourth-order valence-corrected chi connectivity index (χ4v) is 3.40. The lowest BCUT2D eigenvalue weighted by molar-refractivity contribution is 0.0690. The number of halogens is 1. The molecule has 1 N–H and O–H groups in total. The first-order valence-corrected chi connectivity index (χ1v) is 8.11. The Balaban J connectivity index is 1.52. The van der Waals surface area contributed by atoms with E-state index in [1.807, 2.05) is 12.1 Å². The molecule has 2 aliphatic heterocycles. The molecule has 2 aliphatic rings. The molecule has 1 atom stereocenters. The molecular formula is C17H25FN2O. The number of benzene rings is 1. The van der Waals surface area contributed by atoms with Crippen LogP contribution in [0, 0.1) is 5.82 Å². The maximum atomic E-state index is 13.8. The van der Waals surface area contributed by atoms with E-state index < -0.39 is 0 Å². The van der Waals surface area contributed by atoms with Gasteiger partial charge in [0.15, 0.2) is 0 Å². The SMILES string of the molecule is Fc1ccccc1CN1CCC[C@@H](NC2CCOCC2)C1. The lowest BCUT2D eigenvalue weighted by Gasteiger charge is -2.36. The Morgan fingerprint density at radius 1 is 1.14 bits per heavy atom. The van der Waals surface area contributed by atoms with Gasteiger partial charge in [0.2, 0.25) is 0 Å². The molecule has 0 unspecified atom stereocenters. The summed E-state index contributed by atoms with van der Waals surface area (Å²) >= 11 is 0. The number of hydrogen-bond acceptors (Lipinski definition) is 3. The molecule has 2 heterocycles. The first-order chi connectivity index (χ1) is 10.3. The lowest BCUT2D eigenvalue weighted by Crippen LogP contribution is -2.50. The summed E-state index contributed by atoms with van der Waals surface area (Å²) in [5, 5.41) is 3.77. The molecular weight excluding hydrogens is 267 g/mol. The van der Waals surface area contributed by atoms with Crippen molar-refractivity contribution in [1.82, 2.24) is 10.2 Å². The molecule has 21 heavy (non-hydrogen) atoms. The van der Waals surface area contributed by atoms with Gasteiger partial charge in [-0.25, -0.2) is 4.39 Å². The van der Waals surface area contributed by atoms with Crippen molar-refractivity contribution in [2.75, 3.05) is 26.3 Å². The molecule has 4 heteroatoms. The lowest BCUT2D eigenvalue weighted by atomic mass is 10.0. The zero-order chi connectivity index (χ0) is 14.5. The molecule has 1 aromatic carbocycles. The van der Waals surface area contributed by atoms with E-state index in [0.717, 1.165) is 51.3 Å². The average Bonchev–Trinajstić information content (AvgIpc) is 2.51. The van der Waals surface area contributed by atoms with Crippen LogP contribution < -0.4 is 5.32 Å². The van der Waals surface area contributed by atoms with E-state index in [0.29, 0.717) is 12.1 Å². The molecule has 0 amide bonds. The summed E-state index contributed by atoms with van der Waals surface area (Å²) in [6.45, 7) is 4.57. The maximum absolute atomic E-state index is 13.8. The van der Waals surface area contributed by atoms with Crippen LogP contribution in [0.4, 0.5) is 4.39 Å². The molecule has 1 aromatic rings. The number of rotatable bonds is 4. The fraction of sp³-hybridized carbons (Fsp3) is 0.647. The summed E-state index contributed by atoms with van der Waals surface area (Å²) in [7, 11) is 0. The molecule has 3 nitrogen and oxygen atoms in total. The van der Waals surface area contributed by atoms with Crippen molar-refractivity contribution in [2.45, 2.75) is 44.3 Å². The van der Waals surface area contributed by atoms with Crippen molar-refractivity contribution in [3.63, 3.8) is 0 Å². The van der Waals surface area contributed by atoms with E-state index in [2.05, 4.69) is 10.2 Å². The molecule has 0 bridgehead atoms. The predicted octanol–water partition coefficient (Wildman–Crippen LogP) is 2.56. The molecule has 2 saturated heterocycles. The quantitative estimate of drug-likeness (QED) is 0.923. The second kappa shape index (κ2) is 7.34. The molecule has 0 aliphatic carbocycles. The Bertz CT molecular complexity index is 448. The largest absolute Gasteiger partial charge is 0.381 e. The monoisotopic (exact) mass is 292 g/mol. The Morgan fingerprint density at radius 2 is 1.95 bits per heavy atom. The van der Waals surface area contributed by atoms with E-state index in [1.165, 1.54) is 12.8 Å². The van der Waals surface area contributed by atoms with E-state index in [1.54, 1.807) is 12.1 Å². The topological polar surface area (TPSA) is 24.5 Å². The van der Waals surface area contributed by atoms with Crippen LogP contribution in [0.1, 0.15) is 31.2 Å². The highest BCUT2D eigenvalue weighted by molar-refractivity contribution is 5.17. The highest BCUT2D eigenvalue weighted by Gasteiger charge is 2.23. The van der Waals surface area contributed by atoms with E-state index in [4.69, 9.17) is 4.74 Å². The smallest absolute Gasteiger partial charge is 0.127 e. The first kappa shape index (κ1) is 14.9. The Labute approximate surface area is 126 Å². The summed E-state index contributed by atoms with van der Waals surface area (Å²) in [6, 6.07) is 8.25. The van der Waals surface area contributed by atoms with Crippen LogP contribution in [0.5, 0.6) is 0 Å². The standard InChI is InChI=1S/C17H25FN2O/c18-17-6-2-1-4-14(17)12-20-9-3-5-16(13-20)19-15-7-10-21-11-8-15/h1-2,4,6,15-16,19H,3,5,7-13H2/t16-/m1/s1. The van der Waals surface area contributed by atoms with Gasteiger partial charge in [0, 0.05) is 44.0 Å². The number of ether oxygens (including phenoxy) is 1. The Morgan fingerprint density at radius 3 is 2.76 bits per heavy atom. The first-order valence-electron chi connectivity index (χ1n) is 8.11. The third kappa shape index (κ3) is 4.25. The molecule has 2 fully saturated rings. The van der Waals surface area contributed by atoms with Gasteiger partial charge in [-0.2, -0.15) is 0 Å². The van der Waals surface area contributed by atoms with Crippen LogP contribution in [0.2, 0.25) is 0 Å². The van der Waals surface area contributed by atoms with Gasteiger partial charge in [0.1, 0.15) is 5.82 Å². The number of hydrogen-bond donors (Lipinski definition) is 1. The van der Waals surface area contributed by atoms with Crippen LogP contribution in [0.15, 0.2) is 24.3 Å². The summed E-state index contributed by atoms with van der Waals surface area (Å²) in [4.78, 5) is 2.37. The van der Waals surface area contributed by atoms with Crippen molar-refractivity contribution in [3.8, 4) is 0 Å². The van der Waals surface area contributed by atoms with Gasteiger partial charge >= 0.3 is 0 Å². The summed E-state index contributed by atoms with van der Waals surface area (Å²) in [5.74, 6) is -0.0861. The predicted molar refractivity (Wildman–Crippen MR) is 81.7 cm³/mol. The van der Waals surface area contributed by atoms with Crippen LogP contribution in [-0.2, 0) is 11.3 Å². The number of likely N-dealkylation sites (tertiary alicyclic amines) is 1. The number of nitrogens with one attached hydrogen (secondary N) is 1. The Kier molecular flexibility index (Phi) is 5.22. The average molecular weight is 292 g/mol. The number of piperidine rings is 1. The minimum absolute atomic E-state index is 0.0861. The maximum Gasteiger partial charge on any atom is 0.127 e. The summed E-state index contributed by atoms with van der Waals surface area (Å²) < 4.78 is 19.2. The zero-order valence-corrected chi connectivity index (χ0v) is 12.6. The molecule has 0 aromatic heterocycles. The third-order valence-corrected chi connectivity index (χ3v) is 4.55. The molecule has 3 rings (SSSR count). The normalized spacial score (nSPS) is 25.1. The van der Waals surface area contributed by atoms with Crippen molar-refractivity contribution < 1.29 is 9.13 Å². The van der Waals surface area contributed by atoms with Gasteiger partial charge in [-0.15, -0.1) is 0 Å². The fourth-order valence-electron chi connectivity index (χ4n) is 3.40. The second-order valence-electron chi connectivity index (χ2n) is 6.22. The van der Waals surface area contributed by atoms with Gasteiger partial charge in [-0.1, -0.05) is 18.2 Å². The highest BCUT2D eigenvalue weighted by atomic mass is 19.1. The van der Waals surface area contributed by atoms with Crippen LogP contribution in [0.25, 0.3) is 0 Å². The molecule has 116 valence electrons. The Hall–Kier alpha value is -0.970. The van der Waals surface area contributed by atoms with Crippen molar-refractivity contribution in [2.24, 2.45) is 0 Å². The van der Waals surface area contributed by atoms with E-state index in [-0.39, 0.29) is 5.82 Å². The molecule has 0 saturated carbocycles. The van der Waals surface area contributed by atoms with Crippen LogP contribution in [-0.4, -0.2) is 43.3 Å². The van der Waals surface area contributed by atoms with E-state index in [9.17, 15) is 4.39 Å². The van der Waals surface area contributed by atoms with Crippen molar-refractivity contribution in [3.05, 3.63) is 35.6 Å². The van der Waals surface area contributed by atoms with Gasteiger partial charge < -0.3 is 10.1 Å². The molecule has 0 spiro atoms. The van der Waals surface area contributed by atoms with Gasteiger partial charge in [-0.3, -0.25) is 4.90 Å². The zero-order valence-electron chi connectivity index (χ0n) is 12.6. The van der Waals surface area contributed by atoms with Crippen molar-refractivity contribution >= 4 is 0 Å². The molecule has 0 radical (unpaired) electrons. The number of nitrogens with zero attached hydrogens (tertiary/aromatic N) is 1. The summed E-state index contributed by atoms with van der Waals surface area (Å²) in [5.41, 5.74) is 0.809. The van der Waals surface area contributed by atoms with Gasteiger partial charge in [0.25, 0.3) is 0 Å². The minimum atomic E-state index is -0.0861. The van der Waals surface area contributed by atoms with Gasteiger partial charge in [-0.05, 0) is 38.3 Å². The minimum Gasteiger partial charge on any atom is -0.381 e. The third-order valence-electron chi connectivity index (χ3n) is 4.55. The van der Waals surface area contributed by atoms with Crippen LogP contribution in [0.3, 0.4) is 0 Å².